The van der Waals surface area contributed by atoms with Crippen molar-refractivity contribution in [2.75, 3.05) is 26.2 Å². The van der Waals surface area contributed by atoms with Crippen molar-refractivity contribution in [3.05, 3.63) is 65.7 Å². The lowest BCUT2D eigenvalue weighted by atomic mass is 10.0. The number of nitrogens with one attached hydrogen (secondary N) is 3. The zero-order chi connectivity index (χ0) is 30.4. The van der Waals surface area contributed by atoms with E-state index in [0.29, 0.717) is 13.0 Å². The molecule has 2 aromatic rings. The number of aromatic hydroxyl groups is 1. The summed E-state index contributed by atoms with van der Waals surface area (Å²) in [5, 5.41) is 17.3. The Kier molecular flexibility index (Phi) is 13.4. The van der Waals surface area contributed by atoms with Crippen LogP contribution in [-0.4, -0.2) is 83.7 Å². The predicted octanol–water partition coefficient (Wildman–Crippen LogP) is -0.623. The third-order valence-electron chi connectivity index (χ3n) is 6.22. The lowest BCUT2D eigenvalue weighted by molar-refractivity contribution is -0.137. The molecule has 0 heterocycles. The molecule has 12 heteroatoms. The summed E-state index contributed by atoms with van der Waals surface area (Å²) in [4.78, 5) is 63.6. The van der Waals surface area contributed by atoms with E-state index in [0.717, 1.165) is 11.1 Å². The summed E-state index contributed by atoms with van der Waals surface area (Å²) >= 11 is 0. The normalized spacial score (nSPS) is 13.0. The predicted molar refractivity (Wildman–Crippen MR) is 153 cm³/mol. The first-order chi connectivity index (χ1) is 19.5. The van der Waals surface area contributed by atoms with E-state index in [-0.39, 0.29) is 49.9 Å². The molecule has 0 aliphatic carbocycles. The molecule has 0 radical (unpaired) electrons. The smallest absolute Gasteiger partial charge is 0.242 e. The van der Waals surface area contributed by atoms with Gasteiger partial charge in [0.05, 0.1) is 31.7 Å². The number of rotatable bonds is 17. The van der Waals surface area contributed by atoms with Gasteiger partial charge in [0.15, 0.2) is 5.78 Å². The molecule has 2 aromatic carbocycles. The van der Waals surface area contributed by atoms with Crippen molar-refractivity contribution < 1.29 is 29.1 Å². The standard InChI is InChI=1S/C29H40N6O6/c1-3-13-35(18-26(31)38)29(41)25(15-20-7-5-4-6-8-20)32-16-23(37)17-33-27(39)19(2)34-28(40)24(30)14-21-9-11-22(36)12-10-21/h4-12,19,24-25,32,36H,3,13-18,30H2,1-2H3,(H2,31,38)(H,33,39)(H,34,40)/t19-,24?,25?/m1/s1. The highest BCUT2D eigenvalue weighted by atomic mass is 16.3. The number of hydrogen-bond donors (Lipinski definition) is 6. The Bertz CT molecular complexity index is 1170. The summed E-state index contributed by atoms with van der Waals surface area (Å²) in [6.07, 6.45) is 1.12. The van der Waals surface area contributed by atoms with Gasteiger partial charge in [-0.25, -0.2) is 0 Å². The zero-order valence-electron chi connectivity index (χ0n) is 23.5. The number of Topliss-reactive ketones (excluding diaryl/α,β-unsaturated/α-hetero) is 1. The molecule has 222 valence electrons. The number of ketones is 1. The summed E-state index contributed by atoms with van der Waals surface area (Å²) in [6.45, 7) is 2.92. The summed E-state index contributed by atoms with van der Waals surface area (Å²) in [7, 11) is 0. The van der Waals surface area contributed by atoms with Crippen molar-refractivity contribution in [1.82, 2.24) is 20.9 Å². The highest BCUT2D eigenvalue weighted by Crippen LogP contribution is 2.11. The zero-order valence-corrected chi connectivity index (χ0v) is 23.5. The molecule has 8 N–H and O–H groups in total. The largest absolute Gasteiger partial charge is 0.508 e. The Morgan fingerprint density at radius 3 is 2.15 bits per heavy atom. The minimum atomic E-state index is -0.946. The quantitative estimate of drug-likeness (QED) is 0.145. The van der Waals surface area contributed by atoms with Crippen LogP contribution in [-0.2, 0) is 36.8 Å². The molecule has 0 spiro atoms. The molecule has 2 rings (SSSR count). The van der Waals surface area contributed by atoms with E-state index in [1.54, 1.807) is 12.1 Å². The second-order valence-electron chi connectivity index (χ2n) is 9.81. The van der Waals surface area contributed by atoms with Gasteiger partial charge in [0, 0.05) is 6.54 Å². The third-order valence-corrected chi connectivity index (χ3v) is 6.22. The van der Waals surface area contributed by atoms with Crippen LogP contribution in [0.3, 0.4) is 0 Å². The number of carbonyl (C=O) groups excluding carboxylic acids is 5. The van der Waals surface area contributed by atoms with Crippen LogP contribution in [0.1, 0.15) is 31.4 Å². The molecule has 0 saturated heterocycles. The van der Waals surface area contributed by atoms with E-state index in [4.69, 9.17) is 11.5 Å². The van der Waals surface area contributed by atoms with Crippen LogP contribution in [0.15, 0.2) is 54.6 Å². The number of nitrogens with zero attached hydrogens (tertiary/aromatic N) is 1. The first-order valence-corrected chi connectivity index (χ1v) is 13.5. The lowest BCUT2D eigenvalue weighted by Crippen LogP contribution is -2.53. The number of phenolic OH excluding ortho intramolecular Hbond substituents is 1. The van der Waals surface area contributed by atoms with Crippen molar-refractivity contribution >= 4 is 29.4 Å². The van der Waals surface area contributed by atoms with Gasteiger partial charge in [-0.3, -0.25) is 29.3 Å². The van der Waals surface area contributed by atoms with Crippen molar-refractivity contribution in [2.24, 2.45) is 11.5 Å². The van der Waals surface area contributed by atoms with Gasteiger partial charge in [0.1, 0.15) is 11.8 Å². The molecule has 4 amide bonds. The molecule has 0 bridgehead atoms. The van der Waals surface area contributed by atoms with Crippen molar-refractivity contribution in [2.45, 2.75) is 51.2 Å². The first kappa shape index (κ1) is 32.9. The summed E-state index contributed by atoms with van der Waals surface area (Å²) < 4.78 is 0. The minimum absolute atomic E-state index is 0.0988. The van der Waals surface area contributed by atoms with Gasteiger partial charge in [-0.15, -0.1) is 0 Å². The van der Waals surface area contributed by atoms with E-state index >= 15 is 0 Å². The maximum atomic E-state index is 13.2. The Balaban J connectivity index is 1.89. The van der Waals surface area contributed by atoms with E-state index in [2.05, 4.69) is 16.0 Å². The minimum Gasteiger partial charge on any atom is -0.508 e. The van der Waals surface area contributed by atoms with E-state index in [1.807, 2.05) is 37.3 Å². The van der Waals surface area contributed by atoms with E-state index in [9.17, 15) is 29.1 Å². The Morgan fingerprint density at radius 2 is 1.54 bits per heavy atom. The van der Waals surface area contributed by atoms with Gasteiger partial charge in [0.25, 0.3) is 0 Å². The van der Waals surface area contributed by atoms with Crippen molar-refractivity contribution in [3.8, 4) is 5.75 Å². The monoisotopic (exact) mass is 568 g/mol. The summed E-state index contributed by atoms with van der Waals surface area (Å²) in [6, 6.07) is 12.9. The third kappa shape index (κ3) is 11.8. The van der Waals surface area contributed by atoms with Crippen LogP contribution in [0.2, 0.25) is 0 Å². The Morgan fingerprint density at radius 1 is 0.902 bits per heavy atom. The second kappa shape index (κ2) is 16.7. The van der Waals surface area contributed by atoms with Gasteiger partial charge in [0.2, 0.25) is 23.6 Å². The summed E-state index contributed by atoms with van der Waals surface area (Å²) in [5.41, 5.74) is 12.9. The van der Waals surface area contributed by atoms with Crippen LogP contribution in [0.5, 0.6) is 5.75 Å². The molecule has 0 saturated carbocycles. The SMILES string of the molecule is CCCN(CC(N)=O)C(=O)C(Cc1ccccc1)NCC(=O)CNC(=O)[C@@H](C)NC(=O)C(N)Cc1ccc(O)cc1. The number of primary amides is 1. The number of nitrogens with two attached hydrogens (primary N) is 2. The molecule has 3 atom stereocenters. The molecule has 0 aliphatic heterocycles. The van der Waals surface area contributed by atoms with Gasteiger partial charge >= 0.3 is 0 Å². The topological polar surface area (TPSA) is 197 Å². The van der Waals surface area contributed by atoms with Crippen LogP contribution >= 0.6 is 0 Å². The van der Waals surface area contributed by atoms with Crippen molar-refractivity contribution in [1.29, 1.82) is 0 Å². The number of phenols is 1. The van der Waals surface area contributed by atoms with Crippen LogP contribution in [0.4, 0.5) is 0 Å². The molecule has 12 nitrogen and oxygen atoms in total. The molecule has 0 aliphatic rings. The molecule has 2 unspecified atom stereocenters. The number of carbonyl (C=O) groups is 5. The average molecular weight is 569 g/mol. The van der Waals surface area contributed by atoms with Crippen LogP contribution in [0.25, 0.3) is 0 Å². The Hall–Kier alpha value is -4.29. The molecular formula is C29H40N6O6. The maximum Gasteiger partial charge on any atom is 0.242 e. The number of amides is 4. The first-order valence-electron chi connectivity index (χ1n) is 13.5. The van der Waals surface area contributed by atoms with Gasteiger partial charge in [-0.2, -0.15) is 0 Å². The number of benzene rings is 2. The fourth-order valence-corrected chi connectivity index (χ4v) is 4.05. The van der Waals surface area contributed by atoms with Crippen LogP contribution < -0.4 is 27.4 Å². The van der Waals surface area contributed by atoms with Gasteiger partial charge < -0.3 is 32.1 Å². The van der Waals surface area contributed by atoms with E-state index in [1.165, 1.54) is 24.0 Å². The highest BCUT2D eigenvalue weighted by Gasteiger charge is 2.26. The van der Waals surface area contributed by atoms with Gasteiger partial charge in [-0.05, 0) is 49.4 Å². The fraction of sp³-hybridized carbons (Fsp3) is 0.414. The fourth-order valence-electron chi connectivity index (χ4n) is 4.05. The average Bonchev–Trinajstić information content (AvgIpc) is 2.94. The second-order valence-corrected chi connectivity index (χ2v) is 9.81. The Labute approximate surface area is 239 Å². The maximum absolute atomic E-state index is 13.2. The lowest BCUT2D eigenvalue weighted by Gasteiger charge is -2.27. The highest BCUT2D eigenvalue weighted by molar-refractivity contribution is 5.93. The molecule has 0 aromatic heterocycles. The van der Waals surface area contributed by atoms with Gasteiger partial charge in [-0.1, -0.05) is 49.4 Å². The van der Waals surface area contributed by atoms with E-state index < -0.39 is 35.8 Å². The molecule has 41 heavy (non-hydrogen) atoms. The molecular weight excluding hydrogens is 528 g/mol. The van der Waals surface area contributed by atoms with Crippen molar-refractivity contribution in [3.63, 3.8) is 0 Å². The summed E-state index contributed by atoms with van der Waals surface area (Å²) in [5.74, 6) is -2.39. The van der Waals surface area contributed by atoms with Crippen LogP contribution in [0, 0.1) is 0 Å². The number of hydrogen-bond acceptors (Lipinski definition) is 8. The molecule has 0 fully saturated rings.